The predicted molar refractivity (Wildman–Crippen MR) is 81.1 cm³/mol. The van der Waals surface area contributed by atoms with E-state index in [-0.39, 0.29) is 16.4 Å². The molecule has 0 aliphatic carbocycles. The highest BCUT2D eigenvalue weighted by Crippen LogP contribution is 2.54. The van der Waals surface area contributed by atoms with Crippen LogP contribution in [0.4, 0.5) is 18.9 Å². The summed E-state index contributed by atoms with van der Waals surface area (Å²) in [7, 11) is 2.38. The Kier molecular flexibility index (Phi) is 3.83. The van der Waals surface area contributed by atoms with Crippen molar-refractivity contribution in [3.63, 3.8) is 0 Å². The minimum absolute atomic E-state index is 0.0353. The molecule has 0 radical (unpaired) electrons. The van der Waals surface area contributed by atoms with Gasteiger partial charge in [-0.1, -0.05) is 34.3 Å². The van der Waals surface area contributed by atoms with Gasteiger partial charge >= 0.3 is 0 Å². The molecular formula is C16H11ClF3NO3. The maximum atomic E-state index is 14.8. The van der Waals surface area contributed by atoms with Gasteiger partial charge in [0.25, 0.3) is 5.91 Å². The van der Waals surface area contributed by atoms with Crippen molar-refractivity contribution in [2.45, 2.75) is 4.87 Å². The minimum Gasteiger partial charge on any atom is -0.496 e. The standard InChI is InChI=1S/C16H11ClF3NO3/c1-23-11-6-4-3-5-8(11)16(17)12-10(21(20)15(16)22)7-9(18)14(24-2)13(12)19/h3-7H,1-2H3. The molecule has 1 unspecified atom stereocenters. The van der Waals surface area contributed by atoms with Crippen molar-refractivity contribution in [1.82, 2.24) is 0 Å². The van der Waals surface area contributed by atoms with Gasteiger partial charge in [-0.15, -0.1) is 5.12 Å². The number of rotatable bonds is 3. The number of anilines is 1. The molecule has 1 heterocycles. The topological polar surface area (TPSA) is 38.8 Å². The third-order valence-electron chi connectivity index (χ3n) is 3.87. The number of ether oxygens (including phenoxy) is 2. The minimum atomic E-state index is -2.25. The number of hydrogen-bond acceptors (Lipinski definition) is 3. The molecule has 0 saturated heterocycles. The Hall–Kier alpha value is -2.41. The number of alkyl halides is 1. The number of carbonyl (C=O) groups excluding carboxylic acids is 1. The number of benzene rings is 2. The molecule has 3 rings (SSSR count). The Labute approximate surface area is 140 Å². The van der Waals surface area contributed by atoms with Crippen LogP contribution in [0.3, 0.4) is 0 Å². The molecule has 1 atom stereocenters. The number of amides is 1. The fourth-order valence-electron chi connectivity index (χ4n) is 2.79. The van der Waals surface area contributed by atoms with Crippen LogP contribution in [0.1, 0.15) is 11.1 Å². The smallest absolute Gasteiger partial charge is 0.285 e. The summed E-state index contributed by atoms with van der Waals surface area (Å²) in [6.07, 6.45) is 0. The highest BCUT2D eigenvalue weighted by Gasteiger charge is 2.56. The van der Waals surface area contributed by atoms with E-state index in [9.17, 15) is 18.1 Å². The SMILES string of the molecule is COc1ccccc1C1(Cl)C(=O)N(F)c2cc(F)c(OC)c(F)c21. The van der Waals surface area contributed by atoms with Gasteiger partial charge in [0, 0.05) is 11.6 Å². The van der Waals surface area contributed by atoms with Gasteiger partial charge in [-0.05, 0) is 6.07 Å². The fraction of sp³-hybridized carbons (Fsp3) is 0.188. The molecule has 0 aromatic heterocycles. The summed E-state index contributed by atoms with van der Waals surface area (Å²) in [5, 5.41) is -0.375. The quantitative estimate of drug-likeness (QED) is 0.621. The molecule has 1 aliphatic rings. The van der Waals surface area contributed by atoms with E-state index in [4.69, 9.17) is 16.3 Å². The van der Waals surface area contributed by atoms with Gasteiger partial charge in [-0.2, -0.15) is 0 Å². The second-order valence-electron chi connectivity index (χ2n) is 5.04. The van der Waals surface area contributed by atoms with Crippen LogP contribution in [0, 0.1) is 11.6 Å². The highest BCUT2D eigenvalue weighted by molar-refractivity contribution is 6.41. The first-order chi connectivity index (χ1) is 11.4. The second kappa shape index (κ2) is 5.59. The van der Waals surface area contributed by atoms with E-state index < -0.39 is 39.4 Å². The summed E-state index contributed by atoms with van der Waals surface area (Å²) >= 11 is 6.41. The molecule has 8 heteroatoms. The van der Waals surface area contributed by atoms with E-state index >= 15 is 0 Å². The summed E-state index contributed by atoms with van der Waals surface area (Å²) in [4.78, 5) is 10.2. The monoisotopic (exact) mass is 357 g/mol. The van der Waals surface area contributed by atoms with Gasteiger partial charge < -0.3 is 9.47 Å². The van der Waals surface area contributed by atoms with Gasteiger partial charge in [0.2, 0.25) is 0 Å². The van der Waals surface area contributed by atoms with Gasteiger partial charge in [0.1, 0.15) is 5.75 Å². The van der Waals surface area contributed by atoms with E-state index in [1.807, 2.05) is 0 Å². The summed E-state index contributed by atoms with van der Waals surface area (Å²) in [6.45, 7) is 0. The number of methoxy groups -OCH3 is 2. The summed E-state index contributed by atoms with van der Waals surface area (Å²) in [5.74, 6) is -4.26. The van der Waals surface area contributed by atoms with E-state index in [2.05, 4.69) is 4.74 Å². The van der Waals surface area contributed by atoms with E-state index in [0.29, 0.717) is 6.07 Å². The average molecular weight is 358 g/mol. The van der Waals surface area contributed by atoms with Gasteiger partial charge in [-0.25, -0.2) is 8.78 Å². The van der Waals surface area contributed by atoms with Crippen molar-refractivity contribution in [2.24, 2.45) is 0 Å². The lowest BCUT2D eigenvalue weighted by atomic mass is 9.90. The molecule has 2 aromatic rings. The molecule has 24 heavy (non-hydrogen) atoms. The van der Waals surface area contributed by atoms with E-state index in [1.54, 1.807) is 6.07 Å². The molecule has 1 aliphatic heterocycles. The van der Waals surface area contributed by atoms with Crippen molar-refractivity contribution in [1.29, 1.82) is 0 Å². The van der Waals surface area contributed by atoms with Crippen molar-refractivity contribution in [3.05, 3.63) is 53.1 Å². The molecule has 2 aromatic carbocycles. The number of halogens is 4. The predicted octanol–water partition coefficient (Wildman–Crippen LogP) is 3.70. The summed E-state index contributed by atoms with van der Waals surface area (Å²) < 4.78 is 52.7. The molecule has 1 amide bonds. The zero-order valence-corrected chi connectivity index (χ0v) is 13.3. The van der Waals surface area contributed by atoms with Crippen LogP contribution >= 0.6 is 11.6 Å². The Morgan fingerprint density at radius 3 is 2.46 bits per heavy atom. The maximum Gasteiger partial charge on any atom is 0.285 e. The Morgan fingerprint density at radius 1 is 1.17 bits per heavy atom. The molecule has 126 valence electrons. The highest BCUT2D eigenvalue weighted by atomic mass is 35.5. The Morgan fingerprint density at radius 2 is 1.83 bits per heavy atom. The van der Waals surface area contributed by atoms with Crippen LogP contribution in [-0.2, 0) is 9.67 Å². The van der Waals surface area contributed by atoms with E-state index in [0.717, 1.165) is 7.11 Å². The van der Waals surface area contributed by atoms with Crippen molar-refractivity contribution >= 4 is 23.2 Å². The number of hydrogen-bond donors (Lipinski definition) is 0. The molecule has 0 saturated carbocycles. The van der Waals surface area contributed by atoms with Gasteiger partial charge in [0.15, 0.2) is 22.3 Å². The van der Waals surface area contributed by atoms with Crippen LogP contribution < -0.4 is 14.6 Å². The first-order valence-corrected chi connectivity index (χ1v) is 7.14. The van der Waals surface area contributed by atoms with E-state index in [1.165, 1.54) is 25.3 Å². The molecule has 0 fully saturated rings. The Balaban J connectivity index is 2.39. The molecular weight excluding hydrogens is 347 g/mol. The van der Waals surface area contributed by atoms with Crippen molar-refractivity contribution in [3.8, 4) is 11.5 Å². The largest absolute Gasteiger partial charge is 0.496 e. The van der Waals surface area contributed by atoms with Crippen LogP contribution in [-0.4, -0.2) is 20.1 Å². The second-order valence-corrected chi connectivity index (χ2v) is 5.61. The Bertz CT molecular complexity index is 846. The van der Waals surface area contributed by atoms with Crippen LogP contribution in [0.2, 0.25) is 0 Å². The maximum absolute atomic E-state index is 14.8. The van der Waals surface area contributed by atoms with Gasteiger partial charge in [-0.3, -0.25) is 4.79 Å². The number of nitrogens with zero attached hydrogens (tertiary/aromatic N) is 1. The first kappa shape index (κ1) is 16.4. The third kappa shape index (κ3) is 1.97. The summed E-state index contributed by atoms with van der Waals surface area (Å²) in [5.41, 5.74) is -1.11. The molecule has 0 N–H and O–H groups in total. The lowest BCUT2D eigenvalue weighted by Gasteiger charge is -2.23. The number of fused-ring (bicyclic) bond motifs is 1. The fourth-order valence-corrected chi connectivity index (χ4v) is 3.20. The number of carbonyl (C=O) groups is 1. The van der Waals surface area contributed by atoms with Gasteiger partial charge in [0.05, 0.1) is 25.5 Å². The van der Waals surface area contributed by atoms with Crippen LogP contribution in [0.5, 0.6) is 11.5 Å². The first-order valence-electron chi connectivity index (χ1n) is 6.77. The molecule has 0 spiro atoms. The third-order valence-corrected chi connectivity index (χ3v) is 4.42. The lowest BCUT2D eigenvalue weighted by Crippen LogP contribution is -2.34. The van der Waals surface area contributed by atoms with Crippen LogP contribution in [0.25, 0.3) is 0 Å². The zero-order valence-electron chi connectivity index (χ0n) is 12.6. The lowest BCUT2D eigenvalue weighted by molar-refractivity contribution is -0.122. The van der Waals surface area contributed by atoms with Crippen molar-refractivity contribution < 1.29 is 27.5 Å². The average Bonchev–Trinajstić information content (AvgIpc) is 2.77. The zero-order chi connectivity index (χ0) is 17.6. The van der Waals surface area contributed by atoms with Crippen molar-refractivity contribution in [2.75, 3.05) is 19.3 Å². The summed E-state index contributed by atoms with van der Waals surface area (Å²) in [6, 6.07) is 6.70. The molecule has 4 nitrogen and oxygen atoms in total. The van der Waals surface area contributed by atoms with Crippen LogP contribution in [0.15, 0.2) is 30.3 Å². The normalized spacial score (nSPS) is 19.4. The molecule has 0 bridgehead atoms. The number of para-hydroxylation sites is 1.